The van der Waals surface area contributed by atoms with E-state index in [1.807, 2.05) is 0 Å². The Labute approximate surface area is 87.0 Å². The Morgan fingerprint density at radius 3 is 2.08 bits per heavy atom. The van der Waals surface area contributed by atoms with Gasteiger partial charge >= 0.3 is 0 Å². The first-order chi connectivity index (χ1) is 6.00. The van der Waals surface area contributed by atoms with Crippen LogP contribution in [0.4, 0.5) is 0 Å². The zero-order valence-electron chi connectivity index (χ0n) is 7.10. The highest BCUT2D eigenvalue weighted by Gasteiger charge is 2.07. The van der Waals surface area contributed by atoms with Crippen LogP contribution in [-0.2, 0) is 0 Å². The maximum absolute atomic E-state index is 11.4. The smallest absolute Gasteiger partial charge is 0.188 e. The van der Waals surface area contributed by atoms with Gasteiger partial charge in [-0.15, -0.1) is 0 Å². The Morgan fingerprint density at radius 1 is 1.23 bits per heavy atom. The summed E-state index contributed by atoms with van der Waals surface area (Å²) in [4.78, 5) is 11.4. The van der Waals surface area contributed by atoms with Crippen LogP contribution >= 0.6 is 23.2 Å². The second-order valence-corrected chi connectivity index (χ2v) is 3.64. The lowest BCUT2D eigenvalue weighted by Gasteiger charge is -2.01. The maximum atomic E-state index is 11.4. The Kier molecular flexibility index (Phi) is 3.12. The fourth-order valence-corrected chi connectivity index (χ4v) is 1.46. The monoisotopic (exact) mass is 214 g/mol. The van der Waals surface area contributed by atoms with Crippen LogP contribution in [0.5, 0.6) is 0 Å². The van der Waals surface area contributed by atoms with Gasteiger partial charge in [0.2, 0.25) is 0 Å². The van der Waals surface area contributed by atoms with Gasteiger partial charge in [0, 0.05) is 15.6 Å². The fourth-order valence-electron chi connectivity index (χ4n) is 0.931. The van der Waals surface area contributed by atoms with Crippen molar-refractivity contribution in [1.29, 1.82) is 0 Å². The molecule has 0 aliphatic heterocycles. The SMILES string of the molecule is C=C(C)C(=O)c1cc(Cl)cc(Cl)c1. The van der Waals surface area contributed by atoms with Gasteiger partial charge < -0.3 is 0 Å². The highest BCUT2D eigenvalue weighted by molar-refractivity contribution is 6.35. The zero-order valence-corrected chi connectivity index (χ0v) is 8.62. The molecule has 0 N–H and O–H groups in total. The molecule has 0 saturated carbocycles. The number of Topliss-reactive ketones (excluding diaryl/α,β-unsaturated/α-hetero) is 1. The second-order valence-electron chi connectivity index (χ2n) is 2.77. The topological polar surface area (TPSA) is 17.1 Å². The molecular weight excluding hydrogens is 207 g/mol. The van der Waals surface area contributed by atoms with Crippen molar-refractivity contribution in [3.05, 3.63) is 46.0 Å². The number of allylic oxidation sites excluding steroid dienone is 1. The second kappa shape index (κ2) is 3.95. The zero-order chi connectivity index (χ0) is 10.0. The summed E-state index contributed by atoms with van der Waals surface area (Å²) in [5, 5.41) is 0.911. The minimum atomic E-state index is -0.135. The van der Waals surface area contributed by atoms with Gasteiger partial charge in [-0.05, 0) is 30.7 Å². The van der Waals surface area contributed by atoms with Crippen molar-refractivity contribution in [1.82, 2.24) is 0 Å². The van der Waals surface area contributed by atoms with Crippen LogP contribution < -0.4 is 0 Å². The predicted octanol–water partition coefficient (Wildman–Crippen LogP) is 3.75. The molecule has 0 radical (unpaired) electrons. The quantitative estimate of drug-likeness (QED) is 0.542. The summed E-state index contributed by atoms with van der Waals surface area (Å²) in [6, 6.07) is 4.73. The van der Waals surface area contributed by atoms with Crippen molar-refractivity contribution in [3.8, 4) is 0 Å². The van der Waals surface area contributed by atoms with E-state index in [1.165, 1.54) is 0 Å². The van der Waals surface area contributed by atoms with E-state index in [4.69, 9.17) is 23.2 Å². The summed E-state index contributed by atoms with van der Waals surface area (Å²) < 4.78 is 0. The molecule has 0 saturated heterocycles. The van der Waals surface area contributed by atoms with E-state index in [-0.39, 0.29) is 5.78 Å². The largest absolute Gasteiger partial charge is 0.289 e. The Hall–Kier alpha value is -0.790. The number of halogens is 2. The molecule has 0 spiro atoms. The molecule has 68 valence electrons. The minimum absolute atomic E-state index is 0.135. The molecule has 3 heteroatoms. The summed E-state index contributed by atoms with van der Waals surface area (Å²) in [6.07, 6.45) is 0. The first-order valence-corrected chi connectivity index (χ1v) is 4.42. The molecule has 0 bridgehead atoms. The van der Waals surface area contributed by atoms with Crippen molar-refractivity contribution in [3.63, 3.8) is 0 Å². The lowest BCUT2D eigenvalue weighted by molar-refractivity contribution is 0.103. The van der Waals surface area contributed by atoms with Crippen LogP contribution in [0.3, 0.4) is 0 Å². The van der Waals surface area contributed by atoms with E-state index < -0.39 is 0 Å². The standard InChI is InChI=1S/C10H8Cl2O/c1-6(2)10(13)7-3-8(11)5-9(12)4-7/h3-5H,1H2,2H3. The molecule has 0 aromatic heterocycles. The summed E-state index contributed by atoms with van der Waals surface area (Å²) in [7, 11) is 0. The minimum Gasteiger partial charge on any atom is -0.289 e. The van der Waals surface area contributed by atoms with Gasteiger partial charge in [-0.3, -0.25) is 4.79 Å². The number of hydrogen-bond donors (Lipinski definition) is 0. The van der Waals surface area contributed by atoms with Gasteiger partial charge in [0.15, 0.2) is 5.78 Å². The number of carbonyl (C=O) groups is 1. The molecule has 0 amide bonds. The molecular formula is C10H8Cl2O. The first kappa shape index (κ1) is 10.3. The van der Waals surface area contributed by atoms with Gasteiger partial charge in [-0.25, -0.2) is 0 Å². The first-order valence-electron chi connectivity index (χ1n) is 3.67. The molecule has 0 unspecified atom stereocenters. The molecule has 0 fully saturated rings. The average Bonchev–Trinajstić information content (AvgIpc) is 2.01. The Bertz CT molecular complexity index is 349. The molecule has 1 rings (SSSR count). The van der Waals surface area contributed by atoms with E-state index in [0.29, 0.717) is 21.2 Å². The van der Waals surface area contributed by atoms with E-state index in [1.54, 1.807) is 25.1 Å². The van der Waals surface area contributed by atoms with Gasteiger partial charge in [0.1, 0.15) is 0 Å². The predicted molar refractivity (Wildman–Crippen MR) is 55.6 cm³/mol. The van der Waals surface area contributed by atoms with E-state index in [9.17, 15) is 4.79 Å². The van der Waals surface area contributed by atoms with Crippen LogP contribution in [0.15, 0.2) is 30.4 Å². The highest BCUT2D eigenvalue weighted by atomic mass is 35.5. The normalized spacial score (nSPS) is 9.77. The lowest BCUT2D eigenvalue weighted by Crippen LogP contribution is -1.98. The van der Waals surface area contributed by atoms with Crippen molar-refractivity contribution < 1.29 is 4.79 Å². The van der Waals surface area contributed by atoms with Crippen molar-refractivity contribution in [2.75, 3.05) is 0 Å². The number of ketones is 1. The third-order valence-corrected chi connectivity index (χ3v) is 1.95. The van der Waals surface area contributed by atoms with Gasteiger partial charge in [-0.1, -0.05) is 29.8 Å². The maximum Gasteiger partial charge on any atom is 0.188 e. The van der Waals surface area contributed by atoms with Crippen molar-refractivity contribution in [2.24, 2.45) is 0 Å². The highest BCUT2D eigenvalue weighted by Crippen LogP contribution is 2.20. The molecule has 0 heterocycles. The van der Waals surface area contributed by atoms with Crippen molar-refractivity contribution >= 4 is 29.0 Å². The van der Waals surface area contributed by atoms with E-state index >= 15 is 0 Å². The van der Waals surface area contributed by atoms with Gasteiger partial charge in [0.25, 0.3) is 0 Å². The third-order valence-electron chi connectivity index (χ3n) is 1.51. The Balaban J connectivity index is 3.15. The molecule has 0 aliphatic rings. The lowest BCUT2D eigenvalue weighted by atomic mass is 10.1. The number of rotatable bonds is 2. The molecule has 0 aliphatic carbocycles. The number of hydrogen-bond acceptors (Lipinski definition) is 1. The summed E-state index contributed by atoms with van der Waals surface area (Å²) in [5.41, 5.74) is 0.948. The summed E-state index contributed by atoms with van der Waals surface area (Å²) in [5.74, 6) is -0.135. The molecule has 1 aromatic carbocycles. The van der Waals surface area contributed by atoms with Gasteiger partial charge in [0.05, 0.1) is 0 Å². The summed E-state index contributed by atoms with van der Waals surface area (Å²) >= 11 is 11.5. The van der Waals surface area contributed by atoms with Crippen molar-refractivity contribution in [2.45, 2.75) is 6.92 Å². The summed E-state index contributed by atoms with van der Waals surface area (Å²) in [6.45, 7) is 5.20. The average molecular weight is 215 g/mol. The molecule has 13 heavy (non-hydrogen) atoms. The van der Waals surface area contributed by atoms with Crippen LogP contribution in [0.1, 0.15) is 17.3 Å². The Morgan fingerprint density at radius 2 is 1.69 bits per heavy atom. The third kappa shape index (κ3) is 2.58. The van der Waals surface area contributed by atoms with Gasteiger partial charge in [-0.2, -0.15) is 0 Å². The van der Waals surface area contributed by atoms with E-state index in [2.05, 4.69) is 6.58 Å². The molecule has 1 aromatic rings. The van der Waals surface area contributed by atoms with Crippen LogP contribution in [0, 0.1) is 0 Å². The number of carbonyl (C=O) groups excluding carboxylic acids is 1. The van der Waals surface area contributed by atoms with Crippen LogP contribution in [0.25, 0.3) is 0 Å². The van der Waals surface area contributed by atoms with Crippen LogP contribution in [-0.4, -0.2) is 5.78 Å². The molecule has 0 atom stereocenters. The van der Waals surface area contributed by atoms with Crippen LogP contribution in [0.2, 0.25) is 10.0 Å². The molecule has 1 nitrogen and oxygen atoms in total. The van der Waals surface area contributed by atoms with E-state index in [0.717, 1.165) is 0 Å². The number of benzene rings is 1. The fraction of sp³-hybridized carbons (Fsp3) is 0.100.